The van der Waals surface area contributed by atoms with Gasteiger partial charge in [0, 0.05) is 50.2 Å². The summed E-state index contributed by atoms with van der Waals surface area (Å²) in [5, 5.41) is 0. The molecule has 0 fully saturated rings. The third-order valence-electron chi connectivity index (χ3n) is 4.33. The number of carbonyl (C=O) groups is 2. The highest BCUT2D eigenvalue weighted by Gasteiger charge is 2.10. The molecule has 27 heavy (non-hydrogen) atoms. The highest BCUT2D eigenvalue weighted by atomic mass is 16.2. The molecule has 0 aromatic heterocycles. The van der Waals surface area contributed by atoms with Crippen molar-refractivity contribution in [1.29, 1.82) is 0 Å². The van der Waals surface area contributed by atoms with Gasteiger partial charge >= 0.3 is 0 Å². The Morgan fingerprint density at radius 2 is 1.48 bits per heavy atom. The van der Waals surface area contributed by atoms with Crippen molar-refractivity contribution in [3.63, 3.8) is 0 Å². The summed E-state index contributed by atoms with van der Waals surface area (Å²) >= 11 is 0. The zero-order valence-corrected chi connectivity index (χ0v) is 16.5. The van der Waals surface area contributed by atoms with E-state index in [0.717, 1.165) is 30.8 Å². The van der Waals surface area contributed by atoms with Crippen molar-refractivity contribution in [3.05, 3.63) is 59.7 Å². The minimum atomic E-state index is -0.358. The van der Waals surface area contributed by atoms with E-state index in [0.29, 0.717) is 11.1 Å². The highest BCUT2D eigenvalue weighted by molar-refractivity contribution is 5.99. The molecule has 0 aliphatic rings. The molecular formula is C21H28N4O2. The van der Waals surface area contributed by atoms with E-state index in [1.54, 1.807) is 30.3 Å². The van der Waals surface area contributed by atoms with Crippen molar-refractivity contribution < 1.29 is 9.59 Å². The zero-order chi connectivity index (χ0) is 19.8. The molecular weight excluding hydrogens is 340 g/mol. The number of hydrogen-bond donors (Lipinski definition) is 2. The number of anilines is 2. The summed E-state index contributed by atoms with van der Waals surface area (Å²) in [7, 11) is 5.84. The summed E-state index contributed by atoms with van der Waals surface area (Å²) in [6.45, 7) is 3.14. The van der Waals surface area contributed by atoms with Crippen LogP contribution in [0.5, 0.6) is 0 Å². The van der Waals surface area contributed by atoms with Gasteiger partial charge in [0.1, 0.15) is 0 Å². The molecule has 0 heterocycles. The van der Waals surface area contributed by atoms with Gasteiger partial charge in [0.15, 0.2) is 0 Å². The number of rotatable bonds is 7. The molecule has 2 amide bonds. The van der Waals surface area contributed by atoms with Crippen molar-refractivity contribution in [3.8, 4) is 0 Å². The summed E-state index contributed by atoms with van der Waals surface area (Å²) in [5.74, 6) is -0.710. The van der Waals surface area contributed by atoms with Crippen LogP contribution in [0.2, 0.25) is 0 Å². The van der Waals surface area contributed by atoms with E-state index in [2.05, 4.69) is 22.7 Å². The van der Waals surface area contributed by atoms with E-state index in [1.807, 2.05) is 44.2 Å². The lowest BCUT2D eigenvalue weighted by molar-refractivity contribution is 0.0846. The lowest BCUT2D eigenvalue weighted by Crippen LogP contribution is -2.41. The first-order chi connectivity index (χ1) is 12.9. The summed E-state index contributed by atoms with van der Waals surface area (Å²) in [6, 6.07) is 14.5. The molecule has 144 valence electrons. The van der Waals surface area contributed by atoms with E-state index >= 15 is 0 Å². The number of nitrogens with zero attached hydrogens (tertiary/aromatic N) is 2. The van der Waals surface area contributed by atoms with Gasteiger partial charge in [-0.1, -0.05) is 19.4 Å². The Balaban J connectivity index is 1.93. The largest absolute Gasteiger partial charge is 0.378 e. The maximum atomic E-state index is 12.3. The Bertz CT molecular complexity index is 772. The Morgan fingerprint density at radius 3 is 2.07 bits per heavy atom. The molecule has 6 nitrogen and oxygen atoms in total. The van der Waals surface area contributed by atoms with E-state index in [1.165, 1.54) is 0 Å². The average Bonchev–Trinajstić information content (AvgIpc) is 2.70. The van der Waals surface area contributed by atoms with Crippen LogP contribution in [0.4, 0.5) is 11.4 Å². The van der Waals surface area contributed by atoms with Crippen molar-refractivity contribution in [2.45, 2.75) is 19.8 Å². The second kappa shape index (κ2) is 9.62. The molecule has 0 aliphatic carbocycles. The second-order valence-electron chi connectivity index (χ2n) is 6.67. The highest BCUT2D eigenvalue weighted by Crippen LogP contribution is 2.15. The second-order valence-corrected chi connectivity index (χ2v) is 6.67. The standard InChI is InChI=1S/C21H28N4O2/c1-5-6-14-25(4)18-12-10-16(11-13-18)20(26)22-23-21(27)17-8-7-9-19(15-17)24(2)3/h7-13,15H,5-6,14H2,1-4H3,(H,22,26)(H,23,27). The quantitative estimate of drug-likeness (QED) is 0.737. The monoisotopic (exact) mass is 368 g/mol. The molecule has 0 spiro atoms. The van der Waals surface area contributed by atoms with E-state index < -0.39 is 0 Å². The third kappa shape index (κ3) is 5.74. The van der Waals surface area contributed by atoms with Gasteiger partial charge < -0.3 is 9.80 Å². The van der Waals surface area contributed by atoms with Crippen LogP contribution >= 0.6 is 0 Å². The van der Waals surface area contributed by atoms with Gasteiger partial charge in [-0.2, -0.15) is 0 Å². The lowest BCUT2D eigenvalue weighted by Gasteiger charge is -2.19. The number of hydrogen-bond acceptors (Lipinski definition) is 4. The fraction of sp³-hybridized carbons (Fsp3) is 0.333. The summed E-state index contributed by atoms with van der Waals surface area (Å²) < 4.78 is 0. The third-order valence-corrected chi connectivity index (χ3v) is 4.33. The fourth-order valence-corrected chi connectivity index (χ4v) is 2.57. The van der Waals surface area contributed by atoms with Crippen molar-refractivity contribution in [2.24, 2.45) is 0 Å². The zero-order valence-electron chi connectivity index (χ0n) is 16.5. The van der Waals surface area contributed by atoms with E-state index in [-0.39, 0.29) is 11.8 Å². The molecule has 0 atom stereocenters. The Morgan fingerprint density at radius 1 is 0.852 bits per heavy atom. The summed E-state index contributed by atoms with van der Waals surface area (Å²) in [5.41, 5.74) is 7.87. The Labute approximate surface area is 161 Å². The lowest BCUT2D eigenvalue weighted by atomic mass is 10.1. The molecule has 0 unspecified atom stereocenters. The van der Waals surface area contributed by atoms with Crippen LogP contribution in [0, 0.1) is 0 Å². The van der Waals surface area contributed by atoms with Gasteiger partial charge in [-0.25, -0.2) is 0 Å². The number of amides is 2. The fourth-order valence-electron chi connectivity index (χ4n) is 2.57. The van der Waals surface area contributed by atoms with Crippen molar-refractivity contribution in [2.75, 3.05) is 37.5 Å². The first-order valence-corrected chi connectivity index (χ1v) is 9.11. The minimum absolute atomic E-state index is 0.352. The molecule has 0 aliphatic heterocycles. The molecule has 6 heteroatoms. The van der Waals surface area contributed by atoms with Gasteiger partial charge in [0.2, 0.25) is 0 Å². The van der Waals surface area contributed by atoms with Gasteiger partial charge in [-0.3, -0.25) is 20.4 Å². The molecule has 0 radical (unpaired) electrons. The topological polar surface area (TPSA) is 64.7 Å². The van der Waals surface area contributed by atoms with Gasteiger partial charge in [-0.15, -0.1) is 0 Å². The van der Waals surface area contributed by atoms with Crippen LogP contribution in [-0.4, -0.2) is 39.5 Å². The number of hydrazine groups is 1. The van der Waals surface area contributed by atoms with E-state index in [4.69, 9.17) is 0 Å². The van der Waals surface area contributed by atoms with Crippen LogP contribution < -0.4 is 20.7 Å². The molecule has 2 aromatic carbocycles. The SMILES string of the molecule is CCCCN(C)c1ccc(C(=O)NNC(=O)c2cccc(N(C)C)c2)cc1. The predicted octanol–water partition coefficient (Wildman–Crippen LogP) is 3.06. The molecule has 2 aromatic rings. The number of carbonyl (C=O) groups excluding carboxylic acids is 2. The average molecular weight is 368 g/mol. The smallest absolute Gasteiger partial charge is 0.269 e. The van der Waals surface area contributed by atoms with Crippen molar-refractivity contribution >= 4 is 23.2 Å². The van der Waals surface area contributed by atoms with Crippen molar-refractivity contribution in [1.82, 2.24) is 10.9 Å². The Hall–Kier alpha value is -3.02. The Kier molecular flexibility index (Phi) is 7.23. The molecule has 0 bridgehead atoms. The van der Waals surface area contributed by atoms with Gasteiger partial charge in [0.05, 0.1) is 0 Å². The first kappa shape index (κ1) is 20.3. The van der Waals surface area contributed by atoms with E-state index in [9.17, 15) is 9.59 Å². The minimum Gasteiger partial charge on any atom is -0.378 e. The summed E-state index contributed by atoms with van der Waals surface area (Å²) in [6.07, 6.45) is 2.27. The normalized spacial score (nSPS) is 10.2. The molecule has 0 saturated heterocycles. The van der Waals surface area contributed by atoms with Gasteiger partial charge in [0.25, 0.3) is 11.8 Å². The number of nitrogens with one attached hydrogen (secondary N) is 2. The number of unbranched alkanes of at least 4 members (excludes halogenated alkanes) is 1. The maximum absolute atomic E-state index is 12.3. The van der Waals surface area contributed by atoms with Crippen LogP contribution in [0.1, 0.15) is 40.5 Å². The maximum Gasteiger partial charge on any atom is 0.269 e. The van der Waals surface area contributed by atoms with Crippen LogP contribution in [0.15, 0.2) is 48.5 Å². The van der Waals surface area contributed by atoms with Crippen LogP contribution in [-0.2, 0) is 0 Å². The van der Waals surface area contributed by atoms with Crippen LogP contribution in [0.25, 0.3) is 0 Å². The van der Waals surface area contributed by atoms with Gasteiger partial charge in [-0.05, 0) is 48.9 Å². The summed E-state index contributed by atoms with van der Waals surface area (Å²) in [4.78, 5) is 28.6. The van der Waals surface area contributed by atoms with Crippen LogP contribution in [0.3, 0.4) is 0 Å². The number of benzene rings is 2. The molecule has 0 saturated carbocycles. The first-order valence-electron chi connectivity index (χ1n) is 9.11. The molecule has 2 N–H and O–H groups in total. The predicted molar refractivity (Wildman–Crippen MR) is 110 cm³/mol. The molecule has 2 rings (SSSR count).